The van der Waals surface area contributed by atoms with Crippen molar-refractivity contribution < 1.29 is 9.53 Å². The zero-order valence-corrected chi connectivity index (χ0v) is 11.1. The summed E-state index contributed by atoms with van der Waals surface area (Å²) >= 11 is 0. The van der Waals surface area contributed by atoms with Crippen LogP contribution in [0, 0.1) is 6.92 Å². The number of aryl methyl sites for hydroxylation is 1. The Morgan fingerprint density at radius 1 is 1.50 bits per heavy atom. The average Bonchev–Trinajstić information content (AvgIpc) is 2.36. The fraction of sp³-hybridized carbons (Fsp3) is 0.462. The summed E-state index contributed by atoms with van der Waals surface area (Å²) in [5.41, 5.74) is 4.97. The van der Waals surface area contributed by atoms with Gasteiger partial charge in [0.2, 0.25) is 0 Å². The van der Waals surface area contributed by atoms with Gasteiger partial charge in [0.25, 0.3) is 5.91 Å². The first kappa shape index (κ1) is 14.5. The highest BCUT2D eigenvalue weighted by molar-refractivity contribution is 5.95. The van der Waals surface area contributed by atoms with Crippen LogP contribution < -0.4 is 16.6 Å². The SMILES string of the molecule is COCCC(C)NC(=O)c1ccc(NN)c(C)c1. The summed E-state index contributed by atoms with van der Waals surface area (Å²) in [4.78, 5) is 12.0. The number of ether oxygens (including phenoxy) is 1. The predicted molar refractivity (Wildman–Crippen MR) is 72.4 cm³/mol. The molecular formula is C13H21N3O2. The number of carbonyl (C=O) groups is 1. The molecule has 1 rings (SSSR count). The van der Waals surface area contributed by atoms with Crippen molar-refractivity contribution in [1.82, 2.24) is 5.32 Å². The molecule has 0 aliphatic carbocycles. The zero-order valence-electron chi connectivity index (χ0n) is 11.1. The van der Waals surface area contributed by atoms with Crippen LogP contribution in [-0.2, 0) is 4.74 Å². The highest BCUT2D eigenvalue weighted by atomic mass is 16.5. The predicted octanol–water partition coefficient (Wildman–Crippen LogP) is 1.44. The third kappa shape index (κ3) is 4.01. The molecule has 1 aromatic carbocycles. The molecule has 1 unspecified atom stereocenters. The van der Waals surface area contributed by atoms with E-state index >= 15 is 0 Å². The minimum Gasteiger partial charge on any atom is -0.385 e. The molecule has 5 heteroatoms. The summed E-state index contributed by atoms with van der Waals surface area (Å²) in [6.07, 6.45) is 0.795. The standard InChI is InChI=1S/C13H21N3O2/c1-9-8-11(4-5-12(9)16-14)13(17)15-10(2)6-7-18-3/h4-5,8,10,16H,6-7,14H2,1-3H3,(H,15,17). The maximum Gasteiger partial charge on any atom is 0.251 e. The van der Waals surface area contributed by atoms with Crippen molar-refractivity contribution in [3.8, 4) is 0 Å². The zero-order chi connectivity index (χ0) is 13.5. The highest BCUT2D eigenvalue weighted by Crippen LogP contribution is 2.15. The van der Waals surface area contributed by atoms with E-state index in [1.807, 2.05) is 19.9 Å². The summed E-state index contributed by atoms with van der Waals surface area (Å²) in [7, 11) is 1.65. The van der Waals surface area contributed by atoms with Gasteiger partial charge in [-0.15, -0.1) is 0 Å². The number of nitrogen functional groups attached to an aromatic ring is 1. The molecule has 4 N–H and O–H groups in total. The topological polar surface area (TPSA) is 76.4 Å². The van der Waals surface area contributed by atoms with Crippen molar-refractivity contribution >= 4 is 11.6 Å². The Morgan fingerprint density at radius 3 is 2.78 bits per heavy atom. The molecular weight excluding hydrogens is 230 g/mol. The highest BCUT2D eigenvalue weighted by Gasteiger charge is 2.10. The van der Waals surface area contributed by atoms with Gasteiger partial charge >= 0.3 is 0 Å². The minimum atomic E-state index is -0.0784. The van der Waals surface area contributed by atoms with Crippen LogP contribution in [-0.4, -0.2) is 25.7 Å². The lowest BCUT2D eigenvalue weighted by molar-refractivity contribution is 0.0929. The van der Waals surface area contributed by atoms with E-state index in [-0.39, 0.29) is 11.9 Å². The lowest BCUT2D eigenvalue weighted by Crippen LogP contribution is -2.33. The Morgan fingerprint density at radius 2 is 2.22 bits per heavy atom. The third-order valence-corrected chi connectivity index (χ3v) is 2.78. The second-order valence-corrected chi connectivity index (χ2v) is 4.33. The summed E-state index contributed by atoms with van der Waals surface area (Å²) in [6.45, 7) is 4.50. The van der Waals surface area contributed by atoms with E-state index in [0.29, 0.717) is 12.2 Å². The quantitative estimate of drug-likeness (QED) is 0.528. The Bertz CT molecular complexity index is 407. The molecule has 0 radical (unpaired) electrons. The maximum absolute atomic E-state index is 12.0. The molecule has 0 bridgehead atoms. The lowest BCUT2D eigenvalue weighted by Gasteiger charge is -2.14. The number of hydrogen-bond donors (Lipinski definition) is 3. The van der Waals surface area contributed by atoms with Crippen molar-refractivity contribution in [3.63, 3.8) is 0 Å². The van der Waals surface area contributed by atoms with Gasteiger partial charge in [0, 0.05) is 25.3 Å². The van der Waals surface area contributed by atoms with Gasteiger partial charge in [-0.25, -0.2) is 0 Å². The molecule has 18 heavy (non-hydrogen) atoms. The van der Waals surface area contributed by atoms with Crippen LogP contribution in [0.25, 0.3) is 0 Å². The van der Waals surface area contributed by atoms with Gasteiger partial charge in [0.15, 0.2) is 0 Å². The first-order valence-corrected chi connectivity index (χ1v) is 5.95. The van der Waals surface area contributed by atoms with E-state index < -0.39 is 0 Å². The lowest BCUT2D eigenvalue weighted by atomic mass is 10.1. The number of rotatable bonds is 6. The fourth-order valence-electron chi connectivity index (χ4n) is 1.64. The molecule has 0 fully saturated rings. The number of hydrogen-bond acceptors (Lipinski definition) is 4. The number of benzene rings is 1. The molecule has 5 nitrogen and oxygen atoms in total. The molecule has 0 saturated carbocycles. The second kappa shape index (κ2) is 6.98. The van der Waals surface area contributed by atoms with Crippen molar-refractivity contribution in [3.05, 3.63) is 29.3 Å². The van der Waals surface area contributed by atoms with Crippen molar-refractivity contribution in [2.75, 3.05) is 19.1 Å². The van der Waals surface area contributed by atoms with Gasteiger partial charge < -0.3 is 15.5 Å². The van der Waals surface area contributed by atoms with Gasteiger partial charge in [-0.1, -0.05) is 0 Å². The summed E-state index contributed by atoms with van der Waals surface area (Å²) in [5.74, 6) is 5.27. The van der Waals surface area contributed by atoms with E-state index in [9.17, 15) is 4.79 Å². The van der Waals surface area contributed by atoms with Crippen molar-refractivity contribution in [2.24, 2.45) is 5.84 Å². The second-order valence-electron chi connectivity index (χ2n) is 4.33. The smallest absolute Gasteiger partial charge is 0.251 e. The van der Waals surface area contributed by atoms with Gasteiger partial charge in [0.1, 0.15) is 0 Å². The van der Waals surface area contributed by atoms with E-state index in [0.717, 1.165) is 17.7 Å². The Hall–Kier alpha value is -1.59. The van der Waals surface area contributed by atoms with Crippen LogP contribution in [0.4, 0.5) is 5.69 Å². The number of nitrogens with two attached hydrogens (primary N) is 1. The van der Waals surface area contributed by atoms with Crippen LogP contribution in [0.3, 0.4) is 0 Å². The number of amides is 1. The number of hydrazine groups is 1. The molecule has 1 amide bonds. The van der Waals surface area contributed by atoms with Crippen LogP contribution >= 0.6 is 0 Å². The summed E-state index contributed by atoms with van der Waals surface area (Å²) in [5, 5.41) is 2.93. The molecule has 0 aliphatic rings. The molecule has 0 saturated heterocycles. The number of carbonyl (C=O) groups excluding carboxylic acids is 1. The van der Waals surface area contributed by atoms with Crippen LogP contribution in [0.5, 0.6) is 0 Å². The number of nitrogens with one attached hydrogen (secondary N) is 2. The summed E-state index contributed by atoms with van der Waals surface area (Å²) in [6, 6.07) is 5.45. The van der Waals surface area contributed by atoms with Crippen molar-refractivity contribution in [2.45, 2.75) is 26.3 Å². The van der Waals surface area contributed by atoms with E-state index in [1.165, 1.54) is 0 Å². The van der Waals surface area contributed by atoms with E-state index in [4.69, 9.17) is 10.6 Å². The molecule has 1 atom stereocenters. The van der Waals surface area contributed by atoms with Gasteiger partial charge in [0.05, 0.1) is 5.69 Å². The van der Waals surface area contributed by atoms with E-state index in [2.05, 4.69) is 10.7 Å². The van der Waals surface area contributed by atoms with Crippen LogP contribution in [0.2, 0.25) is 0 Å². The first-order chi connectivity index (χ1) is 8.58. The first-order valence-electron chi connectivity index (χ1n) is 5.95. The Labute approximate surface area is 108 Å². The van der Waals surface area contributed by atoms with Gasteiger partial charge in [-0.05, 0) is 44.0 Å². The molecule has 0 aliphatic heterocycles. The molecule has 0 spiro atoms. The number of anilines is 1. The Balaban J connectivity index is 2.64. The molecule has 0 heterocycles. The normalized spacial score (nSPS) is 12.0. The van der Waals surface area contributed by atoms with E-state index in [1.54, 1.807) is 19.2 Å². The largest absolute Gasteiger partial charge is 0.385 e. The van der Waals surface area contributed by atoms with Crippen molar-refractivity contribution in [1.29, 1.82) is 0 Å². The monoisotopic (exact) mass is 251 g/mol. The molecule has 1 aromatic rings. The molecule has 0 aromatic heterocycles. The maximum atomic E-state index is 12.0. The Kier molecular flexibility index (Phi) is 5.61. The average molecular weight is 251 g/mol. The summed E-state index contributed by atoms with van der Waals surface area (Å²) < 4.78 is 4.98. The minimum absolute atomic E-state index is 0.0784. The van der Waals surface area contributed by atoms with Gasteiger partial charge in [-0.3, -0.25) is 10.6 Å². The number of methoxy groups -OCH3 is 1. The molecule has 100 valence electrons. The van der Waals surface area contributed by atoms with Crippen LogP contribution in [0.1, 0.15) is 29.3 Å². The van der Waals surface area contributed by atoms with Crippen LogP contribution in [0.15, 0.2) is 18.2 Å². The fourth-order valence-corrected chi connectivity index (χ4v) is 1.64. The van der Waals surface area contributed by atoms with Gasteiger partial charge in [-0.2, -0.15) is 0 Å². The third-order valence-electron chi connectivity index (χ3n) is 2.78.